The smallest absolute Gasteiger partial charge is 1.00 e. The van der Waals surface area contributed by atoms with Gasteiger partial charge in [-0.15, -0.1) is 0 Å². The van der Waals surface area contributed by atoms with E-state index < -0.39 is 6.10 Å². The fourth-order valence-corrected chi connectivity index (χ4v) is 4.54. The standard InChI is InChI=1S/C16H22N4O2.C16H20N4O2.B.Na.H/c2*1-8(2)11-5-9(3)12(10(4)21)6-13(11)22-14-7-19-16(18)20-15(14)17;;;/h5-8,10,21H,1-4H3,(H4,17,18,19,20);5-8H,1-4H3,(H4,17,18,19,20);;;/q;;;+1;-1. The zero-order valence-electron chi connectivity index (χ0n) is 29.0. The van der Waals surface area contributed by atoms with Crippen LogP contribution in [0.5, 0.6) is 23.0 Å². The summed E-state index contributed by atoms with van der Waals surface area (Å²) in [7, 11) is 0. The number of aliphatic hydroxyl groups excluding tert-OH is 1. The van der Waals surface area contributed by atoms with Crippen LogP contribution in [0.1, 0.15) is 99.1 Å². The summed E-state index contributed by atoms with van der Waals surface area (Å²) in [4.78, 5) is 27.3. The van der Waals surface area contributed by atoms with Crippen LogP contribution in [0, 0.1) is 13.8 Å². The van der Waals surface area contributed by atoms with E-state index in [1.54, 1.807) is 13.0 Å². The molecule has 0 aliphatic rings. The van der Waals surface area contributed by atoms with E-state index in [0.29, 0.717) is 28.6 Å². The van der Waals surface area contributed by atoms with Crippen molar-refractivity contribution in [2.24, 2.45) is 0 Å². The fourth-order valence-electron chi connectivity index (χ4n) is 4.54. The predicted octanol–water partition coefficient (Wildman–Crippen LogP) is 2.72. The normalized spacial score (nSPS) is 11.1. The van der Waals surface area contributed by atoms with Gasteiger partial charge in [0.05, 0.1) is 18.5 Å². The third-order valence-corrected chi connectivity index (χ3v) is 6.87. The molecule has 0 aliphatic carbocycles. The summed E-state index contributed by atoms with van der Waals surface area (Å²) >= 11 is 0. The maximum absolute atomic E-state index is 11.7. The van der Waals surface area contributed by atoms with Crippen molar-refractivity contribution in [2.45, 2.75) is 73.3 Å². The number of nitrogens with two attached hydrogens (primary N) is 4. The molecule has 2 aromatic heterocycles. The Morgan fingerprint density at radius 1 is 0.717 bits per heavy atom. The van der Waals surface area contributed by atoms with Crippen LogP contribution >= 0.6 is 0 Å². The number of hydrogen-bond acceptors (Lipinski definition) is 12. The minimum Gasteiger partial charge on any atom is -1.00 e. The van der Waals surface area contributed by atoms with Crippen LogP contribution in [0.15, 0.2) is 36.7 Å². The van der Waals surface area contributed by atoms with Crippen LogP contribution in [0.25, 0.3) is 0 Å². The van der Waals surface area contributed by atoms with Crippen molar-refractivity contribution >= 4 is 37.7 Å². The molecule has 0 fully saturated rings. The molecule has 0 saturated carbocycles. The Labute approximate surface area is 296 Å². The van der Waals surface area contributed by atoms with Crippen molar-refractivity contribution in [1.82, 2.24) is 19.9 Å². The summed E-state index contributed by atoms with van der Waals surface area (Å²) in [6, 6.07) is 7.56. The molecule has 0 saturated heterocycles. The van der Waals surface area contributed by atoms with Gasteiger partial charge >= 0.3 is 29.6 Å². The topological polar surface area (TPSA) is 211 Å². The number of rotatable bonds is 8. The Balaban J connectivity index is 0.000000846. The van der Waals surface area contributed by atoms with E-state index in [1.165, 1.54) is 19.3 Å². The number of ketones is 1. The molecule has 0 aliphatic heterocycles. The first-order chi connectivity index (χ1) is 20.6. The number of benzene rings is 2. The van der Waals surface area contributed by atoms with Gasteiger partial charge in [0.2, 0.25) is 11.9 Å². The van der Waals surface area contributed by atoms with Gasteiger partial charge in [0.15, 0.2) is 28.9 Å². The molecule has 0 bridgehead atoms. The van der Waals surface area contributed by atoms with Gasteiger partial charge in [-0.1, -0.05) is 39.8 Å². The first kappa shape index (κ1) is 40.1. The Morgan fingerprint density at radius 3 is 1.50 bits per heavy atom. The number of nitrogen functional groups attached to an aromatic ring is 4. The average Bonchev–Trinajstić information content (AvgIpc) is 2.92. The van der Waals surface area contributed by atoms with Crippen LogP contribution in [0.2, 0.25) is 0 Å². The molecule has 12 nitrogen and oxygen atoms in total. The number of hydrogen-bond donors (Lipinski definition) is 5. The zero-order valence-corrected chi connectivity index (χ0v) is 30.0. The van der Waals surface area contributed by atoms with Crippen LogP contribution in [-0.2, 0) is 0 Å². The number of ether oxygens (including phenoxy) is 2. The third-order valence-electron chi connectivity index (χ3n) is 6.87. The second kappa shape index (κ2) is 17.1. The quantitative estimate of drug-likeness (QED) is 0.139. The van der Waals surface area contributed by atoms with Gasteiger partial charge in [-0.3, -0.25) is 4.79 Å². The van der Waals surface area contributed by atoms with Gasteiger partial charge in [-0.2, -0.15) is 9.97 Å². The van der Waals surface area contributed by atoms with Crippen LogP contribution in [0.4, 0.5) is 23.5 Å². The summed E-state index contributed by atoms with van der Waals surface area (Å²) < 4.78 is 11.7. The average molecular weight is 638 g/mol. The summed E-state index contributed by atoms with van der Waals surface area (Å²) in [6.45, 7) is 15.4. The first-order valence-electron chi connectivity index (χ1n) is 14.2. The van der Waals surface area contributed by atoms with E-state index >= 15 is 0 Å². The van der Waals surface area contributed by atoms with Gasteiger partial charge in [0.1, 0.15) is 11.5 Å². The number of aromatic nitrogens is 4. The van der Waals surface area contributed by atoms with E-state index in [-0.39, 0.29) is 80.5 Å². The summed E-state index contributed by atoms with van der Waals surface area (Å²) in [5.74, 6) is 2.86. The largest absolute Gasteiger partial charge is 1.00 e. The second-order valence-corrected chi connectivity index (χ2v) is 11.2. The van der Waals surface area contributed by atoms with Crippen LogP contribution < -0.4 is 62.0 Å². The van der Waals surface area contributed by atoms with Gasteiger partial charge in [-0.05, 0) is 79.5 Å². The maximum atomic E-state index is 11.7. The number of carbonyl (C=O) groups is 1. The summed E-state index contributed by atoms with van der Waals surface area (Å²) in [5, 5.41) is 9.89. The van der Waals surface area contributed by atoms with Crippen molar-refractivity contribution in [3.63, 3.8) is 0 Å². The van der Waals surface area contributed by atoms with E-state index in [1.807, 2.05) is 32.0 Å². The number of aliphatic hydroxyl groups is 1. The molecule has 239 valence electrons. The van der Waals surface area contributed by atoms with E-state index in [4.69, 9.17) is 32.4 Å². The van der Waals surface area contributed by atoms with Crippen molar-refractivity contribution < 1.29 is 50.4 Å². The molecular weight excluding hydrogens is 594 g/mol. The maximum Gasteiger partial charge on any atom is 1.00 e. The second-order valence-electron chi connectivity index (χ2n) is 11.2. The molecule has 1 unspecified atom stereocenters. The SMILES string of the molecule is CC(=O)c1cc(Oc2cnc(N)nc2N)c(C(C)C)cc1C.Cc1cc(C(C)C)c(Oc2cnc(N)nc2N)cc1C(C)O.[B].[H-].[Na+]. The van der Waals surface area contributed by atoms with Crippen molar-refractivity contribution in [3.8, 4) is 23.0 Å². The Kier molecular flexibility index (Phi) is 14.9. The van der Waals surface area contributed by atoms with Crippen LogP contribution in [0.3, 0.4) is 0 Å². The summed E-state index contributed by atoms with van der Waals surface area (Å²) in [5.41, 5.74) is 28.0. The molecule has 3 radical (unpaired) electrons. The Hall–Kier alpha value is -3.91. The Morgan fingerprint density at radius 2 is 1.13 bits per heavy atom. The van der Waals surface area contributed by atoms with Gasteiger partial charge in [0, 0.05) is 14.0 Å². The number of anilines is 4. The van der Waals surface area contributed by atoms with E-state index in [2.05, 4.69) is 47.6 Å². The molecule has 0 amide bonds. The van der Waals surface area contributed by atoms with Crippen LogP contribution in [-0.4, -0.2) is 39.2 Å². The monoisotopic (exact) mass is 637 g/mol. The van der Waals surface area contributed by atoms with Gasteiger partial charge in [0.25, 0.3) is 0 Å². The molecule has 2 aromatic carbocycles. The minimum atomic E-state index is -0.580. The zero-order chi connectivity index (χ0) is 32.9. The first-order valence-corrected chi connectivity index (χ1v) is 14.2. The molecule has 1 atom stereocenters. The molecule has 4 rings (SSSR count). The van der Waals surface area contributed by atoms with E-state index in [0.717, 1.165) is 27.8 Å². The molecule has 9 N–H and O–H groups in total. The molecular formula is C32H43BN8NaO4. The van der Waals surface area contributed by atoms with Crippen molar-refractivity contribution in [2.75, 3.05) is 22.9 Å². The van der Waals surface area contributed by atoms with Gasteiger partial charge in [-0.25, -0.2) is 9.97 Å². The molecule has 14 heteroatoms. The number of nitrogens with zero attached hydrogens (tertiary/aromatic N) is 4. The van der Waals surface area contributed by atoms with Crippen molar-refractivity contribution in [3.05, 3.63) is 70.0 Å². The minimum absolute atomic E-state index is 0. The fraction of sp³-hybridized carbons (Fsp3) is 0.344. The van der Waals surface area contributed by atoms with E-state index in [9.17, 15) is 9.90 Å². The third kappa shape index (κ3) is 10.0. The summed E-state index contributed by atoms with van der Waals surface area (Å²) in [6.07, 6.45) is 2.29. The number of Topliss-reactive ketones (excluding diaryl/α,β-unsaturated/α-hetero) is 1. The van der Waals surface area contributed by atoms with Gasteiger partial charge < -0.3 is 38.9 Å². The number of carbonyl (C=O) groups excluding carboxylic acids is 1. The molecule has 46 heavy (non-hydrogen) atoms. The van der Waals surface area contributed by atoms with Crippen molar-refractivity contribution in [1.29, 1.82) is 0 Å². The number of aryl methyl sites for hydroxylation is 2. The molecule has 0 spiro atoms. The molecule has 4 aromatic rings. The predicted molar refractivity (Wildman–Crippen MR) is 180 cm³/mol. The Bertz CT molecular complexity index is 1680. The molecule has 2 heterocycles.